The molecule has 1 aliphatic heterocycles. The zero-order valence-corrected chi connectivity index (χ0v) is 12.6. The molecule has 1 saturated heterocycles. The Kier molecular flexibility index (Phi) is 3.67. The van der Waals surface area contributed by atoms with Crippen molar-refractivity contribution in [3.63, 3.8) is 0 Å². The second-order valence-electron chi connectivity index (χ2n) is 5.00. The third kappa shape index (κ3) is 2.53. The summed E-state index contributed by atoms with van der Waals surface area (Å²) in [5.74, 6) is 0.242. The van der Waals surface area contributed by atoms with Gasteiger partial charge in [0.1, 0.15) is 5.82 Å². The minimum absolute atomic E-state index is 0.107. The lowest BCUT2D eigenvalue weighted by molar-refractivity contribution is -0.126. The Morgan fingerprint density at radius 2 is 2.05 bits per heavy atom. The van der Waals surface area contributed by atoms with E-state index in [1.807, 2.05) is 0 Å². The van der Waals surface area contributed by atoms with Gasteiger partial charge in [0.15, 0.2) is 11.0 Å². The van der Waals surface area contributed by atoms with Gasteiger partial charge in [-0.05, 0) is 18.6 Å². The molecule has 2 aromatic rings. The Bertz CT molecular complexity index is 687. The summed E-state index contributed by atoms with van der Waals surface area (Å²) in [5.41, 5.74) is 0.411. The van der Waals surface area contributed by atoms with Gasteiger partial charge in [0.2, 0.25) is 5.91 Å². The summed E-state index contributed by atoms with van der Waals surface area (Å²) in [7, 11) is 3.58. The molecular weight excluding hydrogens is 291 g/mol. The topological polar surface area (TPSA) is 51.0 Å². The van der Waals surface area contributed by atoms with Gasteiger partial charge in [0.05, 0.1) is 10.8 Å². The summed E-state index contributed by atoms with van der Waals surface area (Å²) in [5, 5.41) is 8.65. The van der Waals surface area contributed by atoms with Crippen LogP contribution in [0.15, 0.2) is 29.4 Å². The first-order valence-electron chi connectivity index (χ1n) is 6.64. The van der Waals surface area contributed by atoms with Crippen LogP contribution in [0, 0.1) is 5.82 Å². The number of carbonyl (C=O) groups is 1. The summed E-state index contributed by atoms with van der Waals surface area (Å²) < 4.78 is 15.6. The number of thioether (sulfide) groups is 1. The fraction of sp³-hybridized carbons (Fsp3) is 0.357. The SMILES string of the molecule is CN1CC[C@@H](Sc2nnc(-c3ccccc3F)n2C)C1=O. The van der Waals surface area contributed by atoms with Crippen molar-refractivity contribution < 1.29 is 9.18 Å². The van der Waals surface area contributed by atoms with E-state index in [0.717, 1.165) is 13.0 Å². The third-order valence-electron chi connectivity index (χ3n) is 3.58. The van der Waals surface area contributed by atoms with Crippen molar-refractivity contribution in [2.45, 2.75) is 16.8 Å². The molecule has 7 heteroatoms. The molecular formula is C14H15FN4OS. The zero-order valence-electron chi connectivity index (χ0n) is 11.8. The van der Waals surface area contributed by atoms with E-state index in [4.69, 9.17) is 0 Å². The van der Waals surface area contributed by atoms with Crippen LogP contribution in [-0.4, -0.2) is 44.4 Å². The van der Waals surface area contributed by atoms with Crippen molar-refractivity contribution in [3.05, 3.63) is 30.1 Å². The van der Waals surface area contributed by atoms with Crippen molar-refractivity contribution in [3.8, 4) is 11.4 Å². The standard InChI is InChI=1S/C14H15FN4OS/c1-18-8-7-11(13(18)20)21-14-17-16-12(19(14)2)9-5-3-4-6-10(9)15/h3-6,11H,7-8H2,1-2H3/t11-/m1/s1. The first kappa shape index (κ1) is 14.1. The molecule has 1 aliphatic rings. The van der Waals surface area contributed by atoms with Crippen LogP contribution >= 0.6 is 11.8 Å². The van der Waals surface area contributed by atoms with Crippen LogP contribution in [0.25, 0.3) is 11.4 Å². The van der Waals surface area contributed by atoms with Gasteiger partial charge < -0.3 is 9.47 Å². The van der Waals surface area contributed by atoms with E-state index in [2.05, 4.69) is 10.2 Å². The average Bonchev–Trinajstić information content (AvgIpc) is 2.98. The molecule has 110 valence electrons. The molecule has 1 fully saturated rings. The number of carbonyl (C=O) groups excluding carboxylic acids is 1. The fourth-order valence-electron chi connectivity index (χ4n) is 2.32. The zero-order chi connectivity index (χ0) is 15.0. The summed E-state index contributed by atoms with van der Waals surface area (Å²) in [4.78, 5) is 13.7. The molecule has 1 aromatic carbocycles. The Balaban J connectivity index is 1.87. The van der Waals surface area contributed by atoms with Crippen LogP contribution < -0.4 is 0 Å². The summed E-state index contributed by atoms with van der Waals surface area (Å²) in [6, 6.07) is 6.46. The van der Waals surface area contributed by atoms with E-state index < -0.39 is 0 Å². The second-order valence-corrected chi connectivity index (χ2v) is 6.17. The van der Waals surface area contributed by atoms with Crippen LogP contribution in [-0.2, 0) is 11.8 Å². The van der Waals surface area contributed by atoms with E-state index in [1.54, 1.807) is 41.8 Å². The number of amides is 1. The largest absolute Gasteiger partial charge is 0.345 e. The normalized spacial score (nSPS) is 18.5. The van der Waals surface area contributed by atoms with Gasteiger partial charge in [-0.3, -0.25) is 4.79 Å². The molecule has 5 nitrogen and oxygen atoms in total. The predicted molar refractivity (Wildman–Crippen MR) is 78.3 cm³/mol. The lowest BCUT2D eigenvalue weighted by Crippen LogP contribution is -2.23. The van der Waals surface area contributed by atoms with E-state index in [9.17, 15) is 9.18 Å². The molecule has 1 amide bonds. The number of hydrogen-bond donors (Lipinski definition) is 0. The molecule has 0 unspecified atom stereocenters. The van der Waals surface area contributed by atoms with Crippen LogP contribution in [0.4, 0.5) is 4.39 Å². The Morgan fingerprint density at radius 1 is 1.29 bits per heavy atom. The first-order chi connectivity index (χ1) is 10.1. The van der Waals surface area contributed by atoms with Gasteiger partial charge in [-0.15, -0.1) is 10.2 Å². The Morgan fingerprint density at radius 3 is 2.71 bits per heavy atom. The van der Waals surface area contributed by atoms with Crippen LogP contribution in [0.1, 0.15) is 6.42 Å². The smallest absolute Gasteiger partial charge is 0.235 e. The molecule has 3 rings (SSSR count). The molecule has 0 bridgehead atoms. The lowest BCUT2D eigenvalue weighted by Gasteiger charge is -2.09. The highest BCUT2D eigenvalue weighted by molar-refractivity contribution is 8.00. The molecule has 0 N–H and O–H groups in total. The van der Waals surface area contributed by atoms with Gasteiger partial charge >= 0.3 is 0 Å². The van der Waals surface area contributed by atoms with Crippen molar-refractivity contribution in [1.29, 1.82) is 0 Å². The quantitative estimate of drug-likeness (QED) is 0.869. The van der Waals surface area contributed by atoms with Crippen LogP contribution in [0.2, 0.25) is 0 Å². The highest BCUT2D eigenvalue weighted by atomic mass is 32.2. The van der Waals surface area contributed by atoms with Crippen molar-refractivity contribution in [1.82, 2.24) is 19.7 Å². The van der Waals surface area contributed by atoms with Gasteiger partial charge in [-0.1, -0.05) is 23.9 Å². The average molecular weight is 306 g/mol. The van der Waals surface area contributed by atoms with Gasteiger partial charge in [-0.2, -0.15) is 0 Å². The Labute approximate surface area is 126 Å². The molecule has 1 aromatic heterocycles. The van der Waals surface area contributed by atoms with E-state index in [0.29, 0.717) is 16.5 Å². The Hall–Kier alpha value is -1.89. The lowest BCUT2D eigenvalue weighted by atomic mass is 10.2. The molecule has 0 radical (unpaired) electrons. The molecule has 21 heavy (non-hydrogen) atoms. The molecule has 0 saturated carbocycles. The van der Waals surface area contributed by atoms with Gasteiger partial charge in [-0.25, -0.2) is 4.39 Å². The summed E-state index contributed by atoms with van der Waals surface area (Å²) in [6.45, 7) is 0.758. The maximum absolute atomic E-state index is 13.8. The van der Waals surface area contributed by atoms with Crippen molar-refractivity contribution >= 4 is 17.7 Å². The number of nitrogens with zero attached hydrogens (tertiary/aromatic N) is 4. The van der Waals surface area contributed by atoms with Crippen molar-refractivity contribution in [2.24, 2.45) is 7.05 Å². The van der Waals surface area contributed by atoms with Crippen LogP contribution in [0.5, 0.6) is 0 Å². The first-order valence-corrected chi connectivity index (χ1v) is 7.52. The maximum Gasteiger partial charge on any atom is 0.235 e. The second kappa shape index (κ2) is 5.48. The molecule has 0 aliphatic carbocycles. The number of likely N-dealkylation sites (tertiary alicyclic amines) is 1. The minimum atomic E-state index is -0.332. The summed E-state index contributed by atoms with van der Waals surface area (Å²) >= 11 is 1.39. The number of hydrogen-bond acceptors (Lipinski definition) is 4. The fourth-order valence-corrected chi connectivity index (χ4v) is 3.41. The molecule has 0 spiro atoms. The maximum atomic E-state index is 13.8. The highest BCUT2D eigenvalue weighted by Crippen LogP contribution is 2.31. The number of aromatic nitrogens is 3. The van der Waals surface area contributed by atoms with E-state index in [1.165, 1.54) is 17.8 Å². The number of benzene rings is 1. The highest BCUT2D eigenvalue weighted by Gasteiger charge is 2.31. The minimum Gasteiger partial charge on any atom is -0.345 e. The van der Waals surface area contributed by atoms with E-state index in [-0.39, 0.29) is 17.0 Å². The van der Waals surface area contributed by atoms with Gasteiger partial charge in [0.25, 0.3) is 0 Å². The van der Waals surface area contributed by atoms with Gasteiger partial charge in [0, 0.05) is 20.6 Å². The van der Waals surface area contributed by atoms with E-state index >= 15 is 0 Å². The van der Waals surface area contributed by atoms with Crippen LogP contribution in [0.3, 0.4) is 0 Å². The predicted octanol–water partition coefficient (Wildman–Crippen LogP) is 1.94. The monoisotopic (exact) mass is 306 g/mol. The molecule has 2 heterocycles. The molecule has 1 atom stereocenters. The number of rotatable bonds is 3. The summed E-state index contributed by atoms with van der Waals surface area (Å²) in [6.07, 6.45) is 0.794. The van der Waals surface area contributed by atoms with Crippen molar-refractivity contribution in [2.75, 3.05) is 13.6 Å². The third-order valence-corrected chi connectivity index (χ3v) is 4.86. The number of halogens is 1.